The van der Waals surface area contributed by atoms with E-state index in [-0.39, 0.29) is 5.91 Å². The minimum Gasteiger partial charge on any atom is -0.369 e. The largest absolute Gasteiger partial charge is 0.369 e. The summed E-state index contributed by atoms with van der Waals surface area (Å²) < 4.78 is 0. The van der Waals surface area contributed by atoms with Crippen molar-refractivity contribution in [3.8, 4) is 0 Å². The van der Waals surface area contributed by atoms with Gasteiger partial charge in [0.15, 0.2) is 0 Å². The first-order valence-electron chi connectivity index (χ1n) is 6.79. The third-order valence-electron chi connectivity index (χ3n) is 3.96. The van der Waals surface area contributed by atoms with E-state index in [4.69, 9.17) is 5.73 Å². The predicted molar refractivity (Wildman–Crippen MR) is 70.7 cm³/mol. The molecule has 17 heavy (non-hydrogen) atoms. The van der Waals surface area contributed by atoms with Crippen LogP contribution in [0.1, 0.15) is 40.0 Å². The Bertz CT molecular complexity index is 237. The summed E-state index contributed by atoms with van der Waals surface area (Å²) in [6.45, 7) is 9.16. The van der Waals surface area contributed by atoms with Gasteiger partial charge in [0.1, 0.15) is 0 Å². The topological polar surface area (TPSA) is 58.4 Å². The second kappa shape index (κ2) is 6.97. The lowest BCUT2D eigenvalue weighted by atomic mass is 9.97. The molecule has 0 aromatic carbocycles. The highest BCUT2D eigenvalue weighted by Crippen LogP contribution is 2.14. The van der Waals surface area contributed by atoms with E-state index >= 15 is 0 Å². The summed E-state index contributed by atoms with van der Waals surface area (Å²) in [6, 6.07) is 1.18. The summed E-state index contributed by atoms with van der Waals surface area (Å²) in [5, 5.41) is 3.70. The Balaban J connectivity index is 2.25. The van der Waals surface area contributed by atoms with E-state index < -0.39 is 0 Å². The van der Waals surface area contributed by atoms with Gasteiger partial charge in [-0.3, -0.25) is 9.69 Å². The Morgan fingerprint density at radius 1 is 1.41 bits per heavy atom. The fraction of sp³-hybridized carbons (Fsp3) is 0.923. The molecule has 1 aliphatic heterocycles. The Morgan fingerprint density at radius 2 is 2.00 bits per heavy atom. The number of hydrogen-bond acceptors (Lipinski definition) is 3. The molecule has 0 aliphatic carbocycles. The van der Waals surface area contributed by atoms with Gasteiger partial charge in [-0.2, -0.15) is 0 Å². The molecule has 3 N–H and O–H groups in total. The lowest BCUT2D eigenvalue weighted by molar-refractivity contribution is -0.119. The van der Waals surface area contributed by atoms with Crippen LogP contribution in [0.4, 0.5) is 0 Å². The van der Waals surface area contributed by atoms with E-state index in [0.717, 1.165) is 31.8 Å². The Labute approximate surface area is 105 Å². The third kappa shape index (κ3) is 5.04. The molecule has 2 unspecified atom stereocenters. The van der Waals surface area contributed by atoms with Gasteiger partial charge < -0.3 is 11.1 Å². The molecule has 1 heterocycles. The second-order valence-electron chi connectivity index (χ2n) is 5.36. The molecular weight excluding hydrogens is 214 g/mol. The van der Waals surface area contributed by atoms with Gasteiger partial charge in [-0.1, -0.05) is 20.3 Å². The van der Waals surface area contributed by atoms with Crippen LogP contribution in [0, 0.1) is 5.92 Å². The normalized spacial score (nSPS) is 22.3. The molecule has 0 spiro atoms. The zero-order valence-electron chi connectivity index (χ0n) is 11.4. The first-order valence-corrected chi connectivity index (χ1v) is 6.79. The van der Waals surface area contributed by atoms with Crippen molar-refractivity contribution in [2.24, 2.45) is 11.7 Å². The number of nitrogens with two attached hydrogens (primary N) is 1. The Morgan fingerprint density at radius 3 is 2.47 bits per heavy atom. The number of hydrogen-bond donors (Lipinski definition) is 2. The molecule has 1 aliphatic rings. The van der Waals surface area contributed by atoms with Crippen molar-refractivity contribution in [3.05, 3.63) is 0 Å². The van der Waals surface area contributed by atoms with Crippen molar-refractivity contribution in [3.63, 3.8) is 0 Å². The van der Waals surface area contributed by atoms with Crippen molar-refractivity contribution in [2.45, 2.75) is 52.1 Å². The van der Waals surface area contributed by atoms with Crippen molar-refractivity contribution < 1.29 is 4.79 Å². The van der Waals surface area contributed by atoms with Gasteiger partial charge in [0.25, 0.3) is 0 Å². The second-order valence-corrected chi connectivity index (χ2v) is 5.36. The van der Waals surface area contributed by atoms with Crippen LogP contribution in [-0.4, -0.2) is 42.5 Å². The van der Waals surface area contributed by atoms with Crippen LogP contribution in [0.25, 0.3) is 0 Å². The predicted octanol–water partition coefficient (Wildman–Crippen LogP) is 0.960. The Hall–Kier alpha value is -0.610. The van der Waals surface area contributed by atoms with E-state index in [2.05, 4.69) is 31.0 Å². The monoisotopic (exact) mass is 241 g/mol. The average Bonchev–Trinajstić information content (AvgIpc) is 2.30. The van der Waals surface area contributed by atoms with Gasteiger partial charge in [-0.25, -0.2) is 0 Å². The average molecular weight is 241 g/mol. The number of piperidine rings is 1. The molecular formula is C13H27N3O. The molecule has 0 saturated carbocycles. The maximum Gasteiger partial charge on any atom is 0.231 e. The van der Waals surface area contributed by atoms with Crippen LogP contribution in [0.2, 0.25) is 0 Å². The standard InChI is InChI=1S/C13H27N3O/c1-4-10(2)11(3)15-12-5-7-16(8-6-12)9-13(14)17/h10-12,15H,4-9H2,1-3H3,(H2,14,17). The Kier molecular flexibility index (Phi) is 5.92. The maximum absolute atomic E-state index is 10.8. The highest BCUT2D eigenvalue weighted by molar-refractivity contribution is 5.75. The number of carbonyl (C=O) groups is 1. The summed E-state index contributed by atoms with van der Waals surface area (Å²) in [4.78, 5) is 13.0. The summed E-state index contributed by atoms with van der Waals surface area (Å²) in [6.07, 6.45) is 3.46. The van der Waals surface area contributed by atoms with Crippen LogP contribution in [0.15, 0.2) is 0 Å². The molecule has 0 aromatic heterocycles. The fourth-order valence-electron chi connectivity index (χ4n) is 2.37. The van der Waals surface area contributed by atoms with E-state index in [1.54, 1.807) is 0 Å². The quantitative estimate of drug-likeness (QED) is 0.728. The van der Waals surface area contributed by atoms with Crippen LogP contribution in [0.3, 0.4) is 0 Å². The fourth-order valence-corrected chi connectivity index (χ4v) is 2.37. The first-order chi connectivity index (χ1) is 8.02. The number of likely N-dealkylation sites (tertiary alicyclic amines) is 1. The summed E-state index contributed by atoms with van der Waals surface area (Å²) in [5.74, 6) is 0.503. The molecule has 1 saturated heterocycles. The minimum atomic E-state index is -0.218. The van der Waals surface area contributed by atoms with E-state index in [1.165, 1.54) is 6.42 Å². The van der Waals surface area contributed by atoms with E-state index in [9.17, 15) is 4.79 Å². The van der Waals surface area contributed by atoms with Crippen molar-refractivity contribution in [2.75, 3.05) is 19.6 Å². The molecule has 1 fully saturated rings. The summed E-state index contributed by atoms with van der Waals surface area (Å²) in [5.41, 5.74) is 5.20. The number of carbonyl (C=O) groups excluding carboxylic acids is 1. The van der Waals surface area contributed by atoms with Gasteiger partial charge in [-0.05, 0) is 25.7 Å². The van der Waals surface area contributed by atoms with Crippen LogP contribution < -0.4 is 11.1 Å². The van der Waals surface area contributed by atoms with Crippen molar-refractivity contribution in [1.82, 2.24) is 10.2 Å². The summed E-state index contributed by atoms with van der Waals surface area (Å²) in [7, 11) is 0. The molecule has 0 aromatic rings. The molecule has 100 valence electrons. The van der Waals surface area contributed by atoms with Crippen molar-refractivity contribution >= 4 is 5.91 Å². The van der Waals surface area contributed by atoms with E-state index in [1.807, 2.05) is 0 Å². The molecule has 2 atom stereocenters. The van der Waals surface area contributed by atoms with E-state index in [0.29, 0.717) is 18.6 Å². The number of nitrogens with one attached hydrogen (secondary N) is 1. The van der Waals surface area contributed by atoms with Gasteiger partial charge in [-0.15, -0.1) is 0 Å². The first kappa shape index (κ1) is 14.5. The maximum atomic E-state index is 10.8. The van der Waals surface area contributed by atoms with Gasteiger partial charge in [0.05, 0.1) is 6.54 Å². The lowest BCUT2D eigenvalue weighted by Crippen LogP contribution is -2.48. The van der Waals surface area contributed by atoms with Gasteiger partial charge >= 0.3 is 0 Å². The van der Waals surface area contributed by atoms with Gasteiger partial charge in [0.2, 0.25) is 5.91 Å². The SMILES string of the molecule is CCC(C)C(C)NC1CCN(CC(N)=O)CC1. The summed E-state index contributed by atoms with van der Waals surface area (Å²) >= 11 is 0. The molecule has 1 rings (SSSR count). The van der Waals surface area contributed by atoms with Crippen LogP contribution >= 0.6 is 0 Å². The highest BCUT2D eigenvalue weighted by Gasteiger charge is 2.22. The molecule has 4 nitrogen and oxygen atoms in total. The van der Waals surface area contributed by atoms with Crippen molar-refractivity contribution in [1.29, 1.82) is 0 Å². The number of nitrogens with zero attached hydrogens (tertiary/aromatic N) is 1. The third-order valence-corrected chi connectivity index (χ3v) is 3.96. The molecule has 0 bridgehead atoms. The van der Waals surface area contributed by atoms with Gasteiger partial charge in [0, 0.05) is 25.2 Å². The molecule has 0 radical (unpaired) electrons. The minimum absolute atomic E-state index is 0.218. The zero-order valence-corrected chi connectivity index (χ0v) is 11.4. The smallest absolute Gasteiger partial charge is 0.231 e. The number of amides is 1. The zero-order chi connectivity index (χ0) is 12.8. The number of primary amides is 1. The van der Waals surface area contributed by atoms with Crippen LogP contribution in [-0.2, 0) is 4.79 Å². The molecule has 1 amide bonds. The molecule has 4 heteroatoms. The number of rotatable bonds is 6. The highest BCUT2D eigenvalue weighted by atomic mass is 16.1. The lowest BCUT2D eigenvalue weighted by Gasteiger charge is -2.34. The van der Waals surface area contributed by atoms with Crippen LogP contribution in [0.5, 0.6) is 0 Å².